The SMILES string of the molecule is Cc1c(COc2cc(OCc3cncc(C(N)=O)c3)c(CNC(CO)C(=O)O)cc2Cl)cccc1-c1cccc(OCCCN2CCC(O)(C(=O)O)CC2)c1. The zero-order valence-corrected chi connectivity index (χ0v) is 31.1. The van der Waals surface area contributed by atoms with Crippen molar-refractivity contribution in [2.75, 3.05) is 32.8 Å². The average Bonchev–Trinajstić information content (AvgIpc) is 3.17. The van der Waals surface area contributed by atoms with Crippen LogP contribution in [0.3, 0.4) is 0 Å². The van der Waals surface area contributed by atoms with Crippen molar-refractivity contribution in [1.82, 2.24) is 15.2 Å². The van der Waals surface area contributed by atoms with Crippen molar-refractivity contribution >= 4 is 29.4 Å². The third-order valence-electron chi connectivity index (χ3n) is 9.55. The normalized spacial score (nSPS) is 14.5. The molecule has 1 aromatic heterocycles. The number of primary amides is 1. The Morgan fingerprint density at radius 1 is 0.964 bits per heavy atom. The van der Waals surface area contributed by atoms with Crippen LogP contribution in [0, 0.1) is 6.92 Å². The van der Waals surface area contributed by atoms with Gasteiger partial charge in [-0.15, -0.1) is 0 Å². The van der Waals surface area contributed by atoms with Gasteiger partial charge in [0.1, 0.15) is 36.5 Å². The highest BCUT2D eigenvalue weighted by Crippen LogP contribution is 2.35. The smallest absolute Gasteiger partial charge is 0.335 e. The zero-order chi connectivity index (χ0) is 39.5. The molecular formula is C40H45ClN4O10. The molecular weight excluding hydrogens is 732 g/mol. The van der Waals surface area contributed by atoms with Gasteiger partial charge in [-0.05, 0) is 72.7 Å². The molecule has 4 aromatic rings. The number of hydrogen-bond acceptors (Lipinski definition) is 11. The van der Waals surface area contributed by atoms with Crippen LogP contribution in [-0.2, 0) is 29.3 Å². The highest BCUT2D eigenvalue weighted by molar-refractivity contribution is 6.32. The second-order valence-corrected chi connectivity index (χ2v) is 13.8. The maximum atomic E-state index is 11.7. The predicted octanol–water partition coefficient (Wildman–Crippen LogP) is 4.18. The van der Waals surface area contributed by atoms with Gasteiger partial charge >= 0.3 is 11.9 Å². The number of carboxylic acid groups (broad SMARTS) is 2. The lowest BCUT2D eigenvalue weighted by Crippen LogP contribution is -2.49. The highest BCUT2D eigenvalue weighted by atomic mass is 35.5. The molecule has 1 unspecified atom stereocenters. The second kappa shape index (κ2) is 18.9. The Hall–Kier alpha value is -5.25. The minimum atomic E-state index is -1.63. The molecule has 0 saturated carbocycles. The van der Waals surface area contributed by atoms with Crippen LogP contribution in [0.2, 0.25) is 5.02 Å². The van der Waals surface area contributed by atoms with Crippen molar-refractivity contribution in [1.29, 1.82) is 0 Å². The number of aliphatic hydroxyl groups excluding tert-OH is 1. The molecule has 1 fully saturated rings. The van der Waals surface area contributed by atoms with Crippen molar-refractivity contribution in [3.63, 3.8) is 0 Å². The second-order valence-electron chi connectivity index (χ2n) is 13.4. The Balaban J connectivity index is 1.25. The summed E-state index contributed by atoms with van der Waals surface area (Å²) in [5, 5.41) is 41.3. The quantitative estimate of drug-likeness (QED) is 0.0739. The van der Waals surface area contributed by atoms with E-state index in [0.717, 1.165) is 41.0 Å². The van der Waals surface area contributed by atoms with Gasteiger partial charge in [-0.25, -0.2) is 4.79 Å². The molecule has 15 heteroatoms. The molecule has 7 N–H and O–H groups in total. The topological polar surface area (TPSA) is 214 Å². The van der Waals surface area contributed by atoms with Gasteiger partial charge in [0.2, 0.25) is 5.91 Å². The minimum absolute atomic E-state index is 0.00667. The highest BCUT2D eigenvalue weighted by Gasteiger charge is 2.39. The van der Waals surface area contributed by atoms with Crippen molar-refractivity contribution in [3.05, 3.63) is 106 Å². The van der Waals surface area contributed by atoms with Crippen LogP contribution >= 0.6 is 11.6 Å². The van der Waals surface area contributed by atoms with E-state index in [-0.39, 0.29) is 43.2 Å². The minimum Gasteiger partial charge on any atom is -0.494 e. The summed E-state index contributed by atoms with van der Waals surface area (Å²) in [5.74, 6) is -1.63. The lowest BCUT2D eigenvalue weighted by Gasteiger charge is -2.35. The number of aliphatic hydroxyl groups is 2. The number of likely N-dealkylation sites (tertiary alicyclic amines) is 1. The molecule has 1 amide bonds. The van der Waals surface area contributed by atoms with E-state index in [9.17, 15) is 34.8 Å². The fourth-order valence-electron chi connectivity index (χ4n) is 6.18. The summed E-state index contributed by atoms with van der Waals surface area (Å²) < 4.78 is 18.4. The molecule has 0 aliphatic carbocycles. The first-order valence-electron chi connectivity index (χ1n) is 17.8. The number of hydrogen-bond donors (Lipinski definition) is 6. The number of carboxylic acids is 2. The number of nitrogens with zero attached hydrogens (tertiary/aromatic N) is 2. The molecule has 292 valence electrons. The van der Waals surface area contributed by atoms with Crippen molar-refractivity contribution in [3.8, 4) is 28.4 Å². The number of ether oxygens (including phenoxy) is 3. The number of benzene rings is 3. The van der Waals surface area contributed by atoms with E-state index in [1.54, 1.807) is 18.2 Å². The average molecular weight is 777 g/mol. The number of piperidine rings is 1. The molecule has 1 atom stereocenters. The summed E-state index contributed by atoms with van der Waals surface area (Å²) in [6.45, 7) is 3.84. The van der Waals surface area contributed by atoms with E-state index in [0.29, 0.717) is 42.3 Å². The van der Waals surface area contributed by atoms with Gasteiger partial charge in [0.05, 0.1) is 23.8 Å². The van der Waals surface area contributed by atoms with Crippen molar-refractivity contribution < 1.29 is 49.0 Å². The van der Waals surface area contributed by atoms with Crippen LogP contribution in [0.25, 0.3) is 11.1 Å². The van der Waals surface area contributed by atoms with Crippen molar-refractivity contribution in [2.45, 2.75) is 57.6 Å². The van der Waals surface area contributed by atoms with Gasteiger partial charge in [-0.1, -0.05) is 41.9 Å². The maximum Gasteiger partial charge on any atom is 0.335 e. The van der Waals surface area contributed by atoms with Gasteiger partial charge in [0, 0.05) is 55.8 Å². The number of aromatic nitrogens is 1. The molecule has 0 spiro atoms. The molecule has 1 aliphatic rings. The molecule has 2 heterocycles. The van der Waals surface area contributed by atoms with Gasteiger partial charge < -0.3 is 45.3 Å². The number of pyridine rings is 1. The number of nitrogens with one attached hydrogen (secondary N) is 1. The molecule has 14 nitrogen and oxygen atoms in total. The maximum absolute atomic E-state index is 11.7. The molecule has 0 radical (unpaired) electrons. The van der Waals surface area contributed by atoms with E-state index in [1.165, 1.54) is 12.4 Å². The van der Waals surface area contributed by atoms with Crippen LogP contribution in [0.4, 0.5) is 0 Å². The van der Waals surface area contributed by atoms with E-state index >= 15 is 0 Å². The number of amides is 1. The summed E-state index contributed by atoms with van der Waals surface area (Å²) in [4.78, 5) is 40.6. The number of carbonyl (C=O) groups excluding carboxylic acids is 1. The molecule has 1 saturated heterocycles. The Labute approximate surface area is 323 Å². The lowest BCUT2D eigenvalue weighted by molar-refractivity contribution is -0.163. The van der Waals surface area contributed by atoms with E-state index < -0.39 is 36.1 Å². The van der Waals surface area contributed by atoms with Crippen LogP contribution in [0.15, 0.2) is 73.1 Å². The standard InChI is InChI=1S/C40H45ClN4O10/c1-25-28(6-3-8-32(25)27-5-2-7-31(16-27)53-14-4-11-45-12-9-40(52,10-13-45)39(50)51)24-55-36-18-35(54-23-26-15-30(37(42)47)20-43-19-26)29(17-33(36)41)21-44-34(22-46)38(48)49/h2-3,5-8,15-20,34,44,46,52H,4,9-14,21-24H2,1H3,(H2,42,47)(H,48,49)(H,50,51). The summed E-state index contributed by atoms with van der Waals surface area (Å²) >= 11 is 6.67. The van der Waals surface area contributed by atoms with Crippen LogP contribution in [0.1, 0.15) is 51.9 Å². The Morgan fingerprint density at radius 2 is 1.71 bits per heavy atom. The first-order chi connectivity index (χ1) is 26.4. The van der Waals surface area contributed by atoms with E-state index in [4.69, 9.17) is 31.5 Å². The first-order valence-corrected chi connectivity index (χ1v) is 18.1. The summed E-state index contributed by atoms with van der Waals surface area (Å²) in [6.07, 6.45) is 4.05. The number of aliphatic carboxylic acids is 2. The summed E-state index contributed by atoms with van der Waals surface area (Å²) in [6, 6.07) is 17.3. The van der Waals surface area contributed by atoms with E-state index in [1.807, 2.05) is 49.4 Å². The van der Waals surface area contributed by atoms with Gasteiger partial charge in [0.15, 0.2) is 5.60 Å². The van der Waals surface area contributed by atoms with Gasteiger partial charge in [-0.2, -0.15) is 0 Å². The molecule has 3 aromatic carbocycles. The molecule has 1 aliphatic heterocycles. The number of nitrogens with two attached hydrogens (primary N) is 1. The molecule has 55 heavy (non-hydrogen) atoms. The predicted molar refractivity (Wildman–Crippen MR) is 203 cm³/mol. The fraction of sp³-hybridized carbons (Fsp3) is 0.350. The Morgan fingerprint density at radius 3 is 2.42 bits per heavy atom. The third kappa shape index (κ3) is 10.9. The van der Waals surface area contributed by atoms with E-state index in [2.05, 4.69) is 15.2 Å². The summed E-state index contributed by atoms with van der Waals surface area (Å²) in [5.41, 5.74) is 8.92. The number of halogens is 1. The van der Waals surface area contributed by atoms with Gasteiger partial charge in [0.25, 0.3) is 0 Å². The number of carbonyl (C=O) groups is 3. The largest absolute Gasteiger partial charge is 0.494 e. The molecule has 0 bridgehead atoms. The monoisotopic (exact) mass is 776 g/mol. The number of rotatable bonds is 19. The van der Waals surface area contributed by atoms with Crippen LogP contribution in [0.5, 0.6) is 17.2 Å². The first kappa shape index (κ1) is 40.9. The Bertz CT molecular complexity index is 1990. The van der Waals surface area contributed by atoms with Gasteiger partial charge in [-0.3, -0.25) is 19.9 Å². The van der Waals surface area contributed by atoms with Crippen molar-refractivity contribution in [2.24, 2.45) is 5.73 Å². The fourth-order valence-corrected chi connectivity index (χ4v) is 6.43. The Kier molecular flexibility index (Phi) is 14.0. The lowest BCUT2D eigenvalue weighted by atomic mass is 9.91. The zero-order valence-electron chi connectivity index (χ0n) is 30.4. The molecule has 5 rings (SSSR count). The van der Waals surface area contributed by atoms with Crippen LogP contribution in [-0.4, -0.2) is 92.6 Å². The van der Waals surface area contributed by atoms with Crippen LogP contribution < -0.4 is 25.3 Å². The summed E-state index contributed by atoms with van der Waals surface area (Å²) in [7, 11) is 0. The third-order valence-corrected chi connectivity index (χ3v) is 9.85.